The van der Waals surface area contributed by atoms with Crippen LogP contribution in [0.3, 0.4) is 0 Å². The normalized spacial score (nSPS) is 11.8. The molecule has 0 fully saturated rings. The summed E-state index contributed by atoms with van der Waals surface area (Å²) < 4.78 is 2.07. The molecule has 1 amide bonds. The van der Waals surface area contributed by atoms with Crippen molar-refractivity contribution in [3.05, 3.63) is 65.5 Å². The lowest BCUT2D eigenvalue weighted by molar-refractivity contribution is -0.861. The molecule has 1 heterocycles. The van der Waals surface area contributed by atoms with Gasteiger partial charge in [0.1, 0.15) is 6.54 Å². The molecular formula is C21H28N3O2+. The molecular weight excluding hydrogens is 326 g/mol. The van der Waals surface area contributed by atoms with Crippen molar-refractivity contribution in [1.82, 2.24) is 4.57 Å². The van der Waals surface area contributed by atoms with Crippen LogP contribution in [-0.2, 0) is 11.3 Å². The van der Waals surface area contributed by atoms with Crippen LogP contribution in [0.2, 0.25) is 0 Å². The zero-order chi connectivity index (χ0) is 19.3. The Hall–Kier alpha value is -2.66. The number of allylic oxidation sites excluding steroid dienone is 1. The van der Waals surface area contributed by atoms with Gasteiger partial charge in [-0.3, -0.25) is 9.59 Å². The monoisotopic (exact) mass is 354 g/mol. The summed E-state index contributed by atoms with van der Waals surface area (Å²) in [7, 11) is 1.86. The molecule has 1 aromatic carbocycles. The molecule has 1 unspecified atom stereocenters. The molecule has 26 heavy (non-hydrogen) atoms. The maximum absolute atomic E-state index is 12.6. The van der Waals surface area contributed by atoms with Crippen LogP contribution in [0.4, 0.5) is 5.69 Å². The summed E-state index contributed by atoms with van der Waals surface area (Å²) in [5.41, 5.74) is 4.63. The molecule has 0 aliphatic rings. The van der Waals surface area contributed by atoms with E-state index in [0.717, 1.165) is 33.1 Å². The molecule has 0 bridgehead atoms. The molecule has 2 N–H and O–H groups in total. The smallest absolute Gasteiger partial charge is 0.279 e. The van der Waals surface area contributed by atoms with Crippen LogP contribution < -0.4 is 10.2 Å². The zero-order valence-electron chi connectivity index (χ0n) is 16.1. The predicted molar refractivity (Wildman–Crippen MR) is 105 cm³/mol. The Morgan fingerprint density at radius 2 is 1.81 bits per heavy atom. The predicted octanol–water partition coefficient (Wildman–Crippen LogP) is 1.94. The molecule has 0 aliphatic heterocycles. The summed E-state index contributed by atoms with van der Waals surface area (Å²) >= 11 is 0. The summed E-state index contributed by atoms with van der Waals surface area (Å²) in [6, 6.07) is 9.58. The average Bonchev–Trinajstić information content (AvgIpc) is 2.85. The van der Waals surface area contributed by atoms with E-state index in [0.29, 0.717) is 6.54 Å². The first kappa shape index (κ1) is 19.7. The Bertz CT molecular complexity index is 803. The summed E-state index contributed by atoms with van der Waals surface area (Å²) in [6.07, 6.45) is 1.82. The molecule has 5 nitrogen and oxygen atoms in total. The third-order valence-electron chi connectivity index (χ3n) is 4.45. The second-order valence-corrected chi connectivity index (χ2v) is 6.83. The number of amides is 1. The van der Waals surface area contributed by atoms with Crippen molar-refractivity contribution in [1.29, 1.82) is 0 Å². The van der Waals surface area contributed by atoms with Gasteiger partial charge in [0, 0.05) is 29.2 Å². The highest BCUT2D eigenvalue weighted by atomic mass is 16.2. The first-order valence-corrected chi connectivity index (χ1v) is 8.80. The van der Waals surface area contributed by atoms with Gasteiger partial charge in [-0.15, -0.1) is 6.58 Å². The third kappa shape index (κ3) is 4.92. The van der Waals surface area contributed by atoms with E-state index in [2.05, 4.69) is 16.5 Å². The van der Waals surface area contributed by atoms with Crippen LogP contribution in [0.15, 0.2) is 43.0 Å². The van der Waals surface area contributed by atoms with Crippen molar-refractivity contribution in [3.8, 4) is 0 Å². The molecule has 0 spiro atoms. The van der Waals surface area contributed by atoms with Crippen molar-refractivity contribution in [3.63, 3.8) is 0 Å². The summed E-state index contributed by atoms with van der Waals surface area (Å²) in [5, 5.41) is 2.87. The van der Waals surface area contributed by atoms with E-state index in [1.807, 2.05) is 64.2 Å². The second kappa shape index (κ2) is 8.63. The van der Waals surface area contributed by atoms with Gasteiger partial charge in [-0.25, -0.2) is 0 Å². The van der Waals surface area contributed by atoms with Crippen LogP contribution in [0.1, 0.15) is 27.3 Å². The lowest BCUT2D eigenvalue weighted by Crippen LogP contribution is -3.11. The quantitative estimate of drug-likeness (QED) is 0.562. The minimum atomic E-state index is -0.101. The number of aromatic nitrogens is 1. The fourth-order valence-corrected chi connectivity index (χ4v) is 3.04. The van der Waals surface area contributed by atoms with Crippen LogP contribution >= 0.6 is 0 Å². The van der Waals surface area contributed by atoms with Gasteiger partial charge in [0.25, 0.3) is 5.91 Å². The zero-order valence-corrected chi connectivity index (χ0v) is 16.1. The highest BCUT2D eigenvalue weighted by Crippen LogP contribution is 2.15. The molecule has 2 rings (SSSR count). The van der Waals surface area contributed by atoms with Crippen LogP contribution in [0.5, 0.6) is 0 Å². The number of ketones is 1. The van der Waals surface area contributed by atoms with E-state index in [1.54, 1.807) is 0 Å². The minimum Gasteiger partial charge on any atom is -0.345 e. The summed E-state index contributed by atoms with van der Waals surface area (Å²) in [4.78, 5) is 25.7. The number of rotatable bonds is 8. The van der Waals surface area contributed by atoms with Crippen molar-refractivity contribution in [2.75, 3.05) is 25.5 Å². The van der Waals surface area contributed by atoms with Crippen LogP contribution in [0, 0.1) is 20.8 Å². The highest BCUT2D eigenvalue weighted by Gasteiger charge is 2.20. The number of quaternary nitrogens is 1. The van der Waals surface area contributed by atoms with E-state index in [-0.39, 0.29) is 24.8 Å². The number of benzene rings is 1. The molecule has 1 aromatic heterocycles. The van der Waals surface area contributed by atoms with Gasteiger partial charge < -0.3 is 14.8 Å². The molecule has 0 saturated carbocycles. The molecule has 1 atom stereocenters. The number of Topliss-reactive ketones (excluding diaryl/α,β-unsaturated/α-hetero) is 1. The number of carbonyl (C=O) groups excluding carboxylic acids is 2. The van der Waals surface area contributed by atoms with Crippen molar-refractivity contribution < 1.29 is 14.5 Å². The van der Waals surface area contributed by atoms with E-state index in [9.17, 15) is 9.59 Å². The van der Waals surface area contributed by atoms with E-state index >= 15 is 0 Å². The lowest BCUT2D eigenvalue weighted by atomic mass is 10.1. The van der Waals surface area contributed by atoms with Crippen LogP contribution in [-0.4, -0.2) is 36.4 Å². The minimum absolute atomic E-state index is 0.0500. The standard InChI is InChI=1S/C21H27N3O2/c1-6-11-24-16(3)12-19(17(24)4)20(25)13-23(5)14-21(26)22-18-9-7-15(2)8-10-18/h6-10,12H,1,11,13-14H2,2-5H3,(H,22,26)/p+1. The molecule has 0 radical (unpaired) electrons. The SMILES string of the molecule is C=CCn1c(C)cc(C(=O)C[NH+](C)CC(=O)Nc2ccc(C)cc2)c1C. The summed E-state index contributed by atoms with van der Waals surface area (Å²) in [5.74, 6) is -0.0506. The van der Waals surface area contributed by atoms with Crippen molar-refractivity contribution >= 4 is 17.4 Å². The topological polar surface area (TPSA) is 55.5 Å². The Morgan fingerprint density at radius 1 is 1.15 bits per heavy atom. The van der Waals surface area contributed by atoms with E-state index in [4.69, 9.17) is 0 Å². The number of nitrogens with one attached hydrogen (secondary N) is 2. The van der Waals surface area contributed by atoms with Gasteiger partial charge >= 0.3 is 0 Å². The number of hydrogen-bond donors (Lipinski definition) is 2. The number of hydrogen-bond acceptors (Lipinski definition) is 2. The van der Waals surface area contributed by atoms with Gasteiger partial charge in [0.05, 0.1) is 7.05 Å². The maximum Gasteiger partial charge on any atom is 0.279 e. The molecule has 0 saturated heterocycles. The molecule has 5 heteroatoms. The van der Waals surface area contributed by atoms with Gasteiger partial charge in [-0.05, 0) is 39.0 Å². The Morgan fingerprint density at radius 3 is 2.42 bits per heavy atom. The highest BCUT2D eigenvalue weighted by molar-refractivity contribution is 5.98. The lowest BCUT2D eigenvalue weighted by Gasteiger charge is -2.13. The first-order valence-electron chi connectivity index (χ1n) is 8.80. The number of anilines is 1. The number of nitrogens with zero attached hydrogens (tertiary/aromatic N) is 1. The van der Waals surface area contributed by atoms with Crippen molar-refractivity contribution in [2.24, 2.45) is 0 Å². The van der Waals surface area contributed by atoms with E-state index in [1.165, 1.54) is 0 Å². The van der Waals surface area contributed by atoms with Crippen molar-refractivity contribution in [2.45, 2.75) is 27.3 Å². The first-order chi connectivity index (χ1) is 12.3. The van der Waals surface area contributed by atoms with Gasteiger partial charge in [0.2, 0.25) is 5.78 Å². The number of aryl methyl sites for hydroxylation is 2. The fraction of sp³-hybridized carbons (Fsp3) is 0.333. The summed E-state index contributed by atoms with van der Waals surface area (Å²) in [6.45, 7) is 10.9. The third-order valence-corrected chi connectivity index (χ3v) is 4.45. The van der Waals surface area contributed by atoms with Crippen LogP contribution in [0.25, 0.3) is 0 Å². The second-order valence-electron chi connectivity index (χ2n) is 6.83. The molecule has 138 valence electrons. The van der Waals surface area contributed by atoms with E-state index < -0.39 is 0 Å². The van der Waals surface area contributed by atoms with Gasteiger partial charge in [-0.2, -0.15) is 0 Å². The average molecular weight is 354 g/mol. The maximum atomic E-state index is 12.6. The Balaban J connectivity index is 1.94. The number of likely N-dealkylation sites (N-methyl/N-ethyl adjacent to an activating group) is 1. The fourth-order valence-electron chi connectivity index (χ4n) is 3.04. The Kier molecular flexibility index (Phi) is 6.52. The van der Waals surface area contributed by atoms with Gasteiger partial charge in [0.15, 0.2) is 6.54 Å². The number of carbonyl (C=O) groups is 2. The Labute approximate surface area is 155 Å². The molecule has 2 aromatic rings. The molecule has 0 aliphatic carbocycles. The largest absolute Gasteiger partial charge is 0.345 e. The van der Waals surface area contributed by atoms with Gasteiger partial charge in [-0.1, -0.05) is 23.8 Å².